The molecule has 0 spiro atoms. The smallest absolute Gasteiger partial charge is 0.255 e. The highest BCUT2D eigenvalue weighted by molar-refractivity contribution is 7.98. The van der Waals surface area contributed by atoms with Crippen molar-refractivity contribution in [2.24, 2.45) is 0 Å². The molecule has 6 heteroatoms. The lowest BCUT2D eigenvalue weighted by molar-refractivity contribution is 0.0773. The lowest BCUT2D eigenvalue weighted by Crippen LogP contribution is -2.31. The maximum Gasteiger partial charge on any atom is 0.255 e. The minimum atomic E-state index is -0.168. The quantitative estimate of drug-likeness (QED) is 0.678. The molecule has 1 aliphatic carbocycles. The van der Waals surface area contributed by atoms with E-state index >= 15 is 0 Å². The summed E-state index contributed by atoms with van der Waals surface area (Å²) in [4.78, 5) is 19.2. The first kappa shape index (κ1) is 19.2. The number of nitrogens with zero attached hydrogens (tertiary/aromatic N) is 3. The topological polar surface area (TPSA) is 66.2 Å². The molecule has 0 radical (unpaired) electrons. The van der Waals surface area contributed by atoms with Gasteiger partial charge in [-0.05, 0) is 49.8 Å². The first-order valence-electron chi connectivity index (χ1n) is 8.97. The molecule has 0 atom stereocenters. The van der Waals surface area contributed by atoms with Crippen molar-refractivity contribution in [1.82, 2.24) is 9.88 Å². The van der Waals surface area contributed by atoms with E-state index in [2.05, 4.69) is 11.1 Å². The molecule has 1 aliphatic rings. The van der Waals surface area contributed by atoms with Gasteiger partial charge in [-0.3, -0.25) is 4.79 Å². The maximum absolute atomic E-state index is 13.0. The molecule has 0 saturated heterocycles. The molecule has 27 heavy (non-hydrogen) atoms. The molecule has 0 unspecified atom stereocenters. The van der Waals surface area contributed by atoms with Gasteiger partial charge in [0.2, 0.25) is 0 Å². The Labute approximate surface area is 164 Å². The Morgan fingerprint density at radius 3 is 2.81 bits per heavy atom. The lowest BCUT2D eigenvalue weighted by Gasteiger charge is -2.19. The highest BCUT2D eigenvalue weighted by Crippen LogP contribution is 2.40. The van der Waals surface area contributed by atoms with Crippen LogP contribution < -0.4 is 4.74 Å². The van der Waals surface area contributed by atoms with E-state index in [0.29, 0.717) is 35.2 Å². The lowest BCUT2D eigenvalue weighted by atomic mass is 10.1. The minimum Gasteiger partial charge on any atom is -0.492 e. The number of hydrogen-bond donors (Lipinski definition) is 0. The predicted molar refractivity (Wildman–Crippen MR) is 106 cm³/mol. The van der Waals surface area contributed by atoms with Crippen molar-refractivity contribution >= 4 is 17.7 Å². The molecular formula is C21H23N3O2S. The third-order valence-electron chi connectivity index (χ3n) is 4.57. The second-order valence-electron chi connectivity index (χ2n) is 6.76. The molecule has 1 aromatic carbocycles. The zero-order valence-corrected chi connectivity index (χ0v) is 16.7. The molecule has 5 nitrogen and oxygen atoms in total. The van der Waals surface area contributed by atoms with Crippen LogP contribution in [0.3, 0.4) is 0 Å². The van der Waals surface area contributed by atoms with Gasteiger partial charge >= 0.3 is 0 Å². The van der Waals surface area contributed by atoms with Crippen LogP contribution in [-0.2, 0) is 0 Å². The predicted octanol–water partition coefficient (Wildman–Crippen LogP) is 4.01. The molecule has 2 aromatic rings. The van der Waals surface area contributed by atoms with Gasteiger partial charge in [-0.2, -0.15) is 5.26 Å². The van der Waals surface area contributed by atoms with Gasteiger partial charge in [0.15, 0.2) is 0 Å². The number of amides is 1. The summed E-state index contributed by atoms with van der Waals surface area (Å²) in [7, 11) is 1.74. The van der Waals surface area contributed by atoms with Crippen molar-refractivity contribution in [2.45, 2.75) is 30.7 Å². The van der Waals surface area contributed by atoms with E-state index < -0.39 is 0 Å². The van der Waals surface area contributed by atoms with E-state index in [1.165, 1.54) is 11.8 Å². The summed E-state index contributed by atoms with van der Waals surface area (Å²) in [6.07, 6.45) is 4.08. The number of thioether (sulfide) groups is 1. The first-order chi connectivity index (χ1) is 13.0. The van der Waals surface area contributed by atoms with Crippen LogP contribution in [0.5, 0.6) is 5.75 Å². The van der Waals surface area contributed by atoms with Crippen LogP contribution in [0.2, 0.25) is 0 Å². The standard InChI is InChI=1S/C21H23N3O2S/c1-14-5-4-6-16(11-14)26-10-9-24(2)21(25)17-12-19(15-7-8-15)23-20(27-3)18(17)13-22/h4-6,11-12,15H,7-10H2,1-3H3. The molecule has 1 fully saturated rings. The fraction of sp³-hybridized carbons (Fsp3) is 0.381. The monoisotopic (exact) mass is 381 g/mol. The number of aromatic nitrogens is 1. The summed E-state index contributed by atoms with van der Waals surface area (Å²) in [5, 5.41) is 10.2. The average Bonchev–Trinajstić information content (AvgIpc) is 3.51. The van der Waals surface area contributed by atoms with Crippen LogP contribution in [0.4, 0.5) is 0 Å². The number of hydrogen-bond acceptors (Lipinski definition) is 5. The maximum atomic E-state index is 13.0. The number of pyridine rings is 1. The van der Waals surface area contributed by atoms with Crippen molar-refractivity contribution < 1.29 is 9.53 Å². The van der Waals surface area contributed by atoms with Gasteiger partial charge in [-0.25, -0.2) is 4.98 Å². The fourth-order valence-electron chi connectivity index (χ4n) is 2.87. The van der Waals surface area contributed by atoms with Crippen LogP contribution in [0, 0.1) is 18.3 Å². The van der Waals surface area contributed by atoms with Crippen LogP contribution >= 0.6 is 11.8 Å². The van der Waals surface area contributed by atoms with Crippen LogP contribution in [0.1, 0.15) is 45.9 Å². The molecule has 0 aliphatic heterocycles. The van der Waals surface area contributed by atoms with Gasteiger partial charge in [0.05, 0.1) is 17.7 Å². The Morgan fingerprint density at radius 1 is 1.41 bits per heavy atom. The zero-order chi connectivity index (χ0) is 19.4. The Balaban J connectivity index is 1.72. The number of ether oxygens (including phenoxy) is 1. The van der Waals surface area contributed by atoms with Gasteiger partial charge in [0.25, 0.3) is 5.91 Å². The first-order valence-corrected chi connectivity index (χ1v) is 10.2. The van der Waals surface area contributed by atoms with Gasteiger partial charge in [0.1, 0.15) is 23.5 Å². The number of rotatable bonds is 7. The summed E-state index contributed by atoms with van der Waals surface area (Å²) in [6.45, 7) is 2.84. The highest BCUT2D eigenvalue weighted by Gasteiger charge is 2.29. The Hall–Kier alpha value is -2.52. The second kappa shape index (κ2) is 8.45. The Bertz CT molecular complexity index is 887. The van der Waals surface area contributed by atoms with Gasteiger partial charge in [-0.15, -0.1) is 11.8 Å². The second-order valence-corrected chi connectivity index (χ2v) is 7.55. The van der Waals surface area contributed by atoms with Crippen LogP contribution in [-0.4, -0.2) is 42.2 Å². The number of carbonyl (C=O) groups is 1. The van der Waals surface area contributed by atoms with Crippen molar-refractivity contribution in [1.29, 1.82) is 5.26 Å². The normalized spacial score (nSPS) is 13.1. The Kier molecular flexibility index (Phi) is 6.02. The molecule has 0 bridgehead atoms. The molecular weight excluding hydrogens is 358 g/mol. The Morgan fingerprint density at radius 2 is 2.19 bits per heavy atom. The van der Waals surface area contributed by atoms with E-state index in [1.807, 2.05) is 37.4 Å². The van der Waals surface area contributed by atoms with E-state index in [-0.39, 0.29) is 5.91 Å². The van der Waals surface area contributed by atoms with E-state index in [9.17, 15) is 10.1 Å². The van der Waals surface area contributed by atoms with Gasteiger partial charge in [0, 0.05) is 18.7 Å². The molecule has 140 valence electrons. The summed E-state index contributed by atoms with van der Waals surface area (Å²) < 4.78 is 5.74. The molecule has 1 aromatic heterocycles. The molecule has 0 N–H and O–H groups in total. The summed E-state index contributed by atoms with van der Waals surface area (Å²) in [6, 6.07) is 11.8. The van der Waals surface area contributed by atoms with Crippen molar-refractivity contribution in [3.05, 3.63) is 52.7 Å². The number of nitriles is 1. The van der Waals surface area contributed by atoms with E-state index in [4.69, 9.17) is 4.74 Å². The van der Waals surface area contributed by atoms with Crippen molar-refractivity contribution in [2.75, 3.05) is 26.5 Å². The van der Waals surface area contributed by atoms with Crippen LogP contribution in [0.15, 0.2) is 35.4 Å². The zero-order valence-electron chi connectivity index (χ0n) is 15.9. The SMILES string of the molecule is CSc1nc(C2CC2)cc(C(=O)N(C)CCOc2cccc(C)c2)c1C#N. The third kappa shape index (κ3) is 4.61. The number of carbonyl (C=O) groups excluding carboxylic acids is 1. The van der Waals surface area contributed by atoms with Gasteiger partial charge in [-0.1, -0.05) is 12.1 Å². The number of benzene rings is 1. The number of aryl methyl sites for hydroxylation is 1. The fourth-order valence-corrected chi connectivity index (χ4v) is 3.42. The minimum absolute atomic E-state index is 0.168. The third-order valence-corrected chi connectivity index (χ3v) is 5.25. The van der Waals surface area contributed by atoms with E-state index in [1.54, 1.807) is 18.0 Å². The van der Waals surface area contributed by atoms with Crippen LogP contribution in [0.25, 0.3) is 0 Å². The largest absolute Gasteiger partial charge is 0.492 e. The van der Waals surface area contributed by atoms with E-state index in [0.717, 1.165) is 29.8 Å². The van der Waals surface area contributed by atoms with Crippen molar-refractivity contribution in [3.8, 4) is 11.8 Å². The average molecular weight is 382 g/mol. The summed E-state index contributed by atoms with van der Waals surface area (Å²) in [5.41, 5.74) is 2.86. The highest BCUT2D eigenvalue weighted by atomic mass is 32.2. The molecule has 1 saturated carbocycles. The summed E-state index contributed by atoms with van der Waals surface area (Å²) >= 11 is 1.41. The molecule has 3 rings (SSSR count). The van der Waals surface area contributed by atoms with Crippen molar-refractivity contribution in [3.63, 3.8) is 0 Å². The summed E-state index contributed by atoms with van der Waals surface area (Å²) in [5.74, 6) is 1.04. The molecule has 1 heterocycles. The van der Waals surface area contributed by atoms with Gasteiger partial charge < -0.3 is 9.64 Å². The molecule has 1 amide bonds. The number of likely N-dealkylation sites (N-methyl/N-ethyl adjacent to an activating group) is 1.